The Labute approximate surface area is 139 Å². The Hall–Kier alpha value is -1.27. The molecule has 122 valence electrons. The molecule has 1 aliphatic rings. The van der Waals surface area contributed by atoms with Crippen molar-refractivity contribution in [1.82, 2.24) is 4.90 Å². The Balaban J connectivity index is 1.82. The Morgan fingerprint density at radius 1 is 1.36 bits per heavy atom. The van der Waals surface area contributed by atoms with Crippen molar-refractivity contribution in [2.75, 3.05) is 26.3 Å². The minimum Gasteiger partial charge on any atom is -0.491 e. The Kier molecular flexibility index (Phi) is 5.69. The van der Waals surface area contributed by atoms with Crippen LogP contribution in [0.4, 0.5) is 4.79 Å². The number of morpholine rings is 1. The molecule has 1 unspecified atom stereocenters. The van der Waals surface area contributed by atoms with Gasteiger partial charge in [0.25, 0.3) is 0 Å². The van der Waals surface area contributed by atoms with Crippen LogP contribution in [0.1, 0.15) is 20.8 Å². The van der Waals surface area contributed by atoms with Crippen LogP contribution in [-0.2, 0) is 9.47 Å². The van der Waals surface area contributed by atoms with Gasteiger partial charge in [-0.2, -0.15) is 0 Å². The number of rotatable bonds is 3. The summed E-state index contributed by atoms with van der Waals surface area (Å²) < 4.78 is 17.7. The summed E-state index contributed by atoms with van der Waals surface area (Å²) in [5.41, 5.74) is -0.487. The van der Waals surface area contributed by atoms with E-state index in [0.717, 1.165) is 10.2 Å². The number of hydrogen-bond acceptors (Lipinski definition) is 4. The number of nitrogens with zero attached hydrogens (tertiary/aromatic N) is 1. The van der Waals surface area contributed by atoms with Crippen molar-refractivity contribution in [2.45, 2.75) is 32.5 Å². The van der Waals surface area contributed by atoms with Crippen LogP contribution in [0.3, 0.4) is 0 Å². The van der Waals surface area contributed by atoms with Crippen molar-refractivity contribution in [3.63, 3.8) is 0 Å². The average Bonchev–Trinajstić information content (AvgIpc) is 2.45. The van der Waals surface area contributed by atoms with E-state index in [4.69, 9.17) is 14.2 Å². The van der Waals surface area contributed by atoms with Crippen LogP contribution >= 0.6 is 15.9 Å². The molecule has 0 saturated carbocycles. The third kappa shape index (κ3) is 5.50. The summed E-state index contributed by atoms with van der Waals surface area (Å²) in [5, 5.41) is 0. The molecule has 2 rings (SSSR count). The lowest BCUT2D eigenvalue weighted by Crippen LogP contribution is -2.49. The predicted molar refractivity (Wildman–Crippen MR) is 87.2 cm³/mol. The van der Waals surface area contributed by atoms with Crippen LogP contribution in [0.5, 0.6) is 5.75 Å². The van der Waals surface area contributed by atoms with Crippen molar-refractivity contribution in [2.24, 2.45) is 0 Å². The van der Waals surface area contributed by atoms with E-state index in [9.17, 15) is 4.79 Å². The predicted octanol–water partition coefficient (Wildman–Crippen LogP) is 3.46. The molecular weight excluding hydrogens is 350 g/mol. The fourth-order valence-electron chi connectivity index (χ4n) is 2.03. The summed E-state index contributed by atoms with van der Waals surface area (Å²) in [7, 11) is 0. The van der Waals surface area contributed by atoms with Crippen molar-refractivity contribution in [3.05, 3.63) is 28.7 Å². The highest BCUT2D eigenvalue weighted by Crippen LogP contribution is 2.18. The van der Waals surface area contributed by atoms with Gasteiger partial charge in [0.15, 0.2) is 0 Å². The molecule has 22 heavy (non-hydrogen) atoms. The molecule has 1 amide bonds. The summed E-state index contributed by atoms with van der Waals surface area (Å²) in [6.07, 6.45) is -0.450. The number of halogens is 1. The Bertz CT molecular complexity index is 498. The zero-order valence-electron chi connectivity index (χ0n) is 13.2. The van der Waals surface area contributed by atoms with E-state index in [1.165, 1.54) is 0 Å². The molecule has 1 aromatic rings. The van der Waals surface area contributed by atoms with E-state index in [1.807, 2.05) is 45.0 Å². The van der Waals surface area contributed by atoms with Gasteiger partial charge in [0.05, 0.1) is 13.2 Å². The number of carbonyl (C=O) groups excluding carboxylic acids is 1. The van der Waals surface area contributed by atoms with Crippen molar-refractivity contribution in [1.29, 1.82) is 0 Å². The molecule has 0 aromatic heterocycles. The van der Waals surface area contributed by atoms with E-state index in [2.05, 4.69) is 15.9 Å². The van der Waals surface area contributed by atoms with E-state index in [0.29, 0.717) is 26.3 Å². The van der Waals surface area contributed by atoms with Gasteiger partial charge in [-0.05, 0) is 45.0 Å². The van der Waals surface area contributed by atoms with E-state index >= 15 is 0 Å². The van der Waals surface area contributed by atoms with Gasteiger partial charge in [-0.3, -0.25) is 0 Å². The van der Waals surface area contributed by atoms with Gasteiger partial charge in [0.1, 0.15) is 24.1 Å². The molecule has 1 heterocycles. The summed E-state index contributed by atoms with van der Waals surface area (Å²) >= 11 is 3.38. The number of ether oxygens (including phenoxy) is 3. The molecule has 1 aliphatic heterocycles. The zero-order valence-corrected chi connectivity index (χ0v) is 14.8. The lowest BCUT2D eigenvalue weighted by atomic mass is 10.2. The molecule has 6 heteroatoms. The molecular formula is C16H22BrNO4. The third-order valence-corrected chi connectivity index (χ3v) is 3.57. The molecule has 0 bridgehead atoms. The first-order chi connectivity index (χ1) is 10.3. The smallest absolute Gasteiger partial charge is 0.410 e. The van der Waals surface area contributed by atoms with Gasteiger partial charge in [-0.15, -0.1) is 0 Å². The minimum atomic E-state index is -0.487. The molecule has 1 atom stereocenters. The Morgan fingerprint density at radius 3 is 2.68 bits per heavy atom. The lowest BCUT2D eigenvalue weighted by Gasteiger charge is -2.34. The minimum absolute atomic E-state index is 0.148. The van der Waals surface area contributed by atoms with Gasteiger partial charge >= 0.3 is 6.09 Å². The number of amides is 1. The van der Waals surface area contributed by atoms with Gasteiger partial charge < -0.3 is 19.1 Å². The van der Waals surface area contributed by atoms with Gasteiger partial charge in [-0.1, -0.05) is 15.9 Å². The monoisotopic (exact) mass is 371 g/mol. The first-order valence-electron chi connectivity index (χ1n) is 7.31. The lowest BCUT2D eigenvalue weighted by molar-refractivity contribution is -0.0557. The van der Waals surface area contributed by atoms with Crippen LogP contribution in [0.2, 0.25) is 0 Å². The maximum Gasteiger partial charge on any atom is 0.410 e. The highest BCUT2D eigenvalue weighted by atomic mass is 79.9. The fourth-order valence-corrected chi connectivity index (χ4v) is 2.30. The fraction of sp³-hybridized carbons (Fsp3) is 0.562. The maximum absolute atomic E-state index is 12.1. The van der Waals surface area contributed by atoms with Crippen molar-refractivity contribution in [3.8, 4) is 5.75 Å². The second kappa shape index (κ2) is 7.33. The molecule has 0 spiro atoms. The quantitative estimate of drug-likeness (QED) is 0.815. The Morgan fingerprint density at radius 2 is 2.05 bits per heavy atom. The van der Waals surface area contributed by atoms with Crippen molar-refractivity contribution >= 4 is 22.0 Å². The summed E-state index contributed by atoms with van der Waals surface area (Å²) in [6, 6.07) is 7.62. The summed E-state index contributed by atoms with van der Waals surface area (Å²) in [5.74, 6) is 0.779. The second-order valence-electron chi connectivity index (χ2n) is 6.18. The molecule has 5 nitrogen and oxygen atoms in total. The molecule has 1 aromatic carbocycles. The molecule has 0 aliphatic carbocycles. The van der Waals surface area contributed by atoms with Crippen LogP contribution in [-0.4, -0.2) is 49.0 Å². The topological polar surface area (TPSA) is 48.0 Å². The van der Waals surface area contributed by atoms with E-state index in [-0.39, 0.29) is 12.2 Å². The van der Waals surface area contributed by atoms with Gasteiger partial charge in [0.2, 0.25) is 0 Å². The SMILES string of the molecule is CC(C)(C)OC(=O)N1CCOC(COc2ccc(Br)cc2)C1. The van der Waals surface area contributed by atoms with Crippen LogP contribution < -0.4 is 4.74 Å². The summed E-state index contributed by atoms with van der Waals surface area (Å²) in [4.78, 5) is 13.7. The first-order valence-corrected chi connectivity index (χ1v) is 8.11. The van der Waals surface area contributed by atoms with Gasteiger partial charge in [0, 0.05) is 11.0 Å². The van der Waals surface area contributed by atoms with Crippen molar-refractivity contribution < 1.29 is 19.0 Å². The zero-order chi connectivity index (χ0) is 16.2. The highest BCUT2D eigenvalue weighted by molar-refractivity contribution is 9.10. The second-order valence-corrected chi connectivity index (χ2v) is 7.10. The standard InChI is InChI=1S/C16H22BrNO4/c1-16(2,3)22-15(19)18-8-9-20-14(10-18)11-21-13-6-4-12(17)5-7-13/h4-7,14H,8-11H2,1-3H3. The highest BCUT2D eigenvalue weighted by Gasteiger charge is 2.28. The van der Waals surface area contributed by atoms with Crippen LogP contribution in [0, 0.1) is 0 Å². The average molecular weight is 372 g/mol. The first kappa shape index (κ1) is 17.1. The van der Waals surface area contributed by atoms with Crippen LogP contribution in [0.25, 0.3) is 0 Å². The molecule has 1 fully saturated rings. The number of carbonyl (C=O) groups is 1. The number of hydrogen-bond donors (Lipinski definition) is 0. The normalized spacial score (nSPS) is 18.9. The van der Waals surface area contributed by atoms with E-state index < -0.39 is 5.60 Å². The summed E-state index contributed by atoms with van der Waals surface area (Å²) in [6.45, 7) is 7.50. The number of benzene rings is 1. The molecule has 0 N–H and O–H groups in total. The van der Waals surface area contributed by atoms with E-state index in [1.54, 1.807) is 4.90 Å². The third-order valence-electron chi connectivity index (χ3n) is 3.04. The van der Waals surface area contributed by atoms with Gasteiger partial charge in [-0.25, -0.2) is 4.79 Å². The molecule has 0 radical (unpaired) electrons. The van der Waals surface area contributed by atoms with Crippen LogP contribution in [0.15, 0.2) is 28.7 Å². The maximum atomic E-state index is 12.1. The molecule has 1 saturated heterocycles. The largest absolute Gasteiger partial charge is 0.491 e.